The highest BCUT2D eigenvalue weighted by Gasteiger charge is 2.26. The number of hydrogen-bond acceptors (Lipinski definition) is 8. The average molecular weight is 1190 g/mol. The minimum atomic E-state index is -1.47. The number of halogens is 1. The fraction of sp³-hybridized carbons (Fsp3) is 0.0400. The van der Waals surface area contributed by atoms with Crippen LogP contribution in [0.2, 0.25) is 6.82 Å². The van der Waals surface area contributed by atoms with Gasteiger partial charge in [0.15, 0.2) is 46.0 Å². The summed E-state index contributed by atoms with van der Waals surface area (Å²) in [6.45, 7) is 1.28. The Morgan fingerprint density at radius 1 is 0.291 bits per heavy atom. The highest BCUT2D eigenvalue weighted by molar-refractivity contribution is 9.10. The van der Waals surface area contributed by atoms with Gasteiger partial charge in [0.1, 0.15) is 0 Å². The van der Waals surface area contributed by atoms with Crippen LogP contribution in [0.15, 0.2) is 247 Å². The average Bonchev–Trinajstić information content (AvgIpc) is 0.760. The molecule has 16 aromatic rings. The number of benzene rings is 16. The Hall–Kier alpha value is -9.71. The minimum absolute atomic E-state index is 0. The predicted molar refractivity (Wildman–Crippen MR) is 362 cm³/mol. The van der Waals surface area contributed by atoms with Gasteiger partial charge in [-0.25, -0.2) is 0 Å². The van der Waals surface area contributed by atoms with Gasteiger partial charge in [-0.05, 0) is 157 Å². The lowest BCUT2D eigenvalue weighted by Gasteiger charge is -2.24. The first-order valence-corrected chi connectivity index (χ1v) is 28.5. The van der Waals surface area contributed by atoms with E-state index in [9.17, 15) is 10.0 Å². The smallest absolute Gasteiger partial charge is 0.449 e. The Balaban J connectivity index is 0.000000123. The number of fused-ring (bicyclic) bond motifs is 14. The van der Waals surface area contributed by atoms with E-state index in [-0.39, 0.29) is 14.9 Å². The van der Waals surface area contributed by atoms with Gasteiger partial charge in [0, 0.05) is 15.2 Å². The molecule has 0 saturated carbocycles. The van der Waals surface area contributed by atoms with E-state index < -0.39 is 14.2 Å². The van der Waals surface area contributed by atoms with E-state index in [2.05, 4.69) is 162 Å². The normalized spacial score (nSPS) is 11.8. The van der Waals surface area contributed by atoms with Gasteiger partial charge in [0.2, 0.25) is 0 Å². The predicted octanol–water partition coefficient (Wildman–Crippen LogP) is 19.7. The molecular formula is C75H55B2BrO8. The Kier molecular flexibility index (Phi) is 14.4. The summed E-state index contributed by atoms with van der Waals surface area (Å²) in [4.78, 5) is 0. The molecule has 18 rings (SSSR count). The largest absolute Gasteiger partial charge is 0.489 e. The molecule has 0 unspecified atom stereocenters. The van der Waals surface area contributed by atoms with Gasteiger partial charge >= 0.3 is 14.2 Å². The Labute approximate surface area is 505 Å². The first kappa shape index (κ1) is 55.5. The molecule has 2 aliphatic heterocycles. The third-order valence-electron chi connectivity index (χ3n) is 16.1. The zero-order valence-corrected chi connectivity index (χ0v) is 46.6. The molecule has 0 aliphatic carbocycles. The Bertz CT molecular complexity index is 5280. The number of hydrogen-bond donors (Lipinski definition) is 4. The van der Waals surface area contributed by atoms with Crippen molar-refractivity contribution in [1.29, 1.82) is 0 Å². The molecule has 2 heterocycles. The maximum atomic E-state index is 9.72. The minimum Gasteiger partial charge on any atom is -0.449 e. The molecule has 86 heavy (non-hydrogen) atoms. The second kappa shape index (κ2) is 22.4. The topological polar surface area (TPSA) is 118 Å². The van der Waals surface area contributed by atoms with Crippen molar-refractivity contribution in [2.45, 2.75) is 21.7 Å². The van der Waals surface area contributed by atoms with Crippen LogP contribution in [0.25, 0.3) is 119 Å². The van der Waals surface area contributed by atoms with E-state index in [0.29, 0.717) is 5.46 Å². The van der Waals surface area contributed by atoms with Crippen LogP contribution in [-0.2, 0) is 0 Å². The molecule has 16 aromatic carbocycles. The second-order valence-corrected chi connectivity index (χ2v) is 21.9. The van der Waals surface area contributed by atoms with Crippen LogP contribution in [-0.4, -0.2) is 34.3 Å². The molecule has 416 valence electrons. The van der Waals surface area contributed by atoms with Crippen molar-refractivity contribution in [2.24, 2.45) is 0 Å². The molecule has 0 radical (unpaired) electrons. The van der Waals surface area contributed by atoms with Crippen LogP contribution in [0.1, 0.15) is 14.9 Å². The van der Waals surface area contributed by atoms with Crippen LogP contribution < -0.4 is 24.4 Å². The van der Waals surface area contributed by atoms with E-state index in [1.807, 2.05) is 97.1 Å². The summed E-state index contributed by atoms with van der Waals surface area (Å²) < 4.78 is 25.7. The quantitative estimate of drug-likeness (QED) is 0.0768. The molecule has 8 nitrogen and oxygen atoms in total. The standard InChI is InChI=1S/C36H20O2.C20H13BO2.C16H9BrO2.CH5BO2.2CH4/c1-2-10-23-22(9-1)26-13-7-8-21-16-17-27-25(18-19-28(23)35(27)34(21)26)30-20-33-36(29-12-4-3-11-24(29)30)38-32-15-6-5-14-31(32)37-33;22-21(23)18-11-10-16-14-6-2-1-5-13(14)15-7-3-4-12-8-9-17(18)20(16)19(12)15;17-12-9-15-16(11-6-2-1-5-10(11)12)19-14-8-4-3-7-13(14)18-15;1-2(3)4;;/h1-20H;1-11,22-23H;1-9H;3-4H,1H3;2*1H4. The molecule has 0 bridgehead atoms. The second-order valence-electron chi connectivity index (χ2n) is 21.1. The molecule has 0 saturated heterocycles. The lowest BCUT2D eigenvalue weighted by Crippen LogP contribution is -2.30. The molecule has 4 N–H and O–H groups in total. The third kappa shape index (κ3) is 9.20. The number of rotatable bonds is 2. The molecule has 0 atom stereocenters. The maximum Gasteiger partial charge on any atom is 0.489 e. The van der Waals surface area contributed by atoms with E-state index in [0.717, 1.165) is 93.7 Å². The highest BCUT2D eigenvalue weighted by atomic mass is 79.9. The molecule has 0 spiro atoms. The van der Waals surface area contributed by atoms with Crippen LogP contribution in [0.5, 0.6) is 46.0 Å². The summed E-state index contributed by atoms with van der Waals surface area (Å²) in [5, 5.41) is 58.6. The van der Waals surface area contributed by atoms with E-state index in [1.165, 1.54) is 82.4 Å². The summed E-state index contributed by atoms with van der Waals surface area (Å²) in [5.41, 5.74) is 2.89. The Morgan fingerprint density at radius 2 is 0.651 bits per heavy atom. The first-order chi connectivity index (χ1) is 41.2. The lowest BCUT2D eigenvalue weighted by atomic mass is 9.75. The van der Waals surface area contributed by atoms with Gasteiger partial charge in [0.25, 0.3) is 0 Å². The molecule has 0 aromatic heterocycles. The monoisotopic (exact) mass is 1180 g/mol. The van der Waals surface area contributed by atoms with Gasteiger partial charge in [-0.2, -0.15) is 0 Å². The number of ether oxygens (including phenoxy) is 4. The van der Waals surface area contributed by atoms with Crippen molar-refractivity contribution in [3.05, 3.63) is 247 Å². The van der Waals surface area contributed by atoms with Gasteiger partial charge in [-0.1, -0.05) is 237 Å². The van der Waals surface area contributed by atoms with Crippen LogP contribution in [0.4, 0.5) is 0 Å². The van der Waals surface area contributed by atoms with Crippen molar-refractivity contribution in [1.82, 2.24) is 0 Å². The zero-order valence-electron chi connectivity index (χ0n) is 45.0. The Morgan fingerprint density at radius 3 is 1.15 bits per heavy atom. The van der Waals surface area contributed by atoms with Gasteiger partial charge in [-0.15, -0.1) is 0 Å². The van der Waals surface area contributed by atoms with Crippen molar-refractivity contribution < 1.29 is 39.0 Å². The van der Waals surface area contributed by atoms with E-state index in [1.54, 1.807) is 0 Å². The van der Waals surface area contributed by atoms with Crippen molar-refractivity contribution in [3.63, 3.8) is 0 Å². The van der Waals surface area contributed by atoms with Crippen LogP contribution >= 0.6 is 15.9 Å². The SMILES string of the molecule is Brc1cc2c(c3ccccc13)Oc1ccccc1O2.C.C.CB(O)O.OB(O)c1ccc2c3ccccc3c3cccc4ccc1c2c43.c1ccc2c(c1)Oc1cc(-c3ccc4c5ccccc5c5cccc6ccc3c4c65)c3ccccc3c1O2. The van der Waals surface area contributed by atoms with E-state index in [4.69, 9.17) is 29.0 Å². The fourth-order valence-electron chi connectivity index (χ4n) is 12.6. The zero-order chi connectivity index (χ0) is 56.7. The van der Waals surface area contributed by atoms with Crippen LogP contribution in [0.3, 0.4) is 0 Å². The van der Waals surface area contributed by atoms with Crippen LogP contribution in [0, 0.1) is 0 Å². The fourth-order valence-corrected chi connectivity index (χ4v) is 13.2. The van der Waals surface area contributed by atoms with E-state index >= 15 is 0 Å². The summed E-state index contributed by atoms with van der Waals surface area (Å²) in [6, 6.07) is 83.4. The van der Waals surface area contributed by atoms with Gasteiger partial charge in [0.05, 0.1) is 0 Å². The molecule has 0 fully saturated rings. The highest BCUT2D eigenvalue weighted by Crippen LogP contribution is 2.54. The molecular weight excluding hydrogens is 1130 g/mol. The van der Waals surface area contributed by atoms with Crippen molar-refractivity contribution >= 4 is 143 Å². The number of para-hydroxylation sites is 4. The van der Waals surface area contributed by atoms with Crippen molar-refractivity contribution in [3.8, 4) is 57.1 Å². The summed E-state index contributed by atoms with van der Waals surface area (Å²) in [5.74, 6) is 6.01. The van der Waals surface area contributed by atoms with Gasteiger partial charge in [-0.3, -0.25) is 0 Å². The van der Waals surface area contributed by atoms with Crippen molar-refractivity contribution in [2.75, 3.05) is 0 Å². The summed E-state index contributed by atoms with van der Waals surface area (Å²) >= 11 is 3.58. The lowest BCUT2D eigenvalue weighted by molar-refractivity contribution is 0.363. The summed E-state index contributed by atoms with van der Waals surface area (Å²) in [7, 11) is -2.63. The molecule has 2 aliphatic rings. The first-order valence-electron chi connectivity index (χ1n) is 27.7. The third-order valence-corrected chi connectivity index (χ3v) is 16.8. The van der Waals surface area contributed by atoms with Gasteiger partial charge < -0.3 is 39.0 Å². The molecule has 11 heteroatoms. The summed E-state index contributed by atoms with van der Waals surface area (Å²) in [6.07, 6.45) is 0. The molecule has 0 amide bonds. The maximum absolute atomic E-state index is 9.72.